The van der Waals surface area contributed by atoms with Crippen molar-refractivity contribution in [2.24, 2.45) is 0 Å². The van der Waals surface area contributed by atoms with Crippen molar-refractivity contribution in [2.45, 2.75) is 37.0 Å². The standard InChI is InChI=1S/C15H17NO3/c17-10-3-4-15-5-6-16-8-9-1-2-11(18)14(13(9)15)19-12(15)7-10/h1-4,10,12,16-18H,5-8H2/p+1/t10-,12-,15-/m0/s1. The summed E-state index contributed by atoms with van der Waals surface area (Å²) in [4.78, 5) is 0. The van der Waals surface area contributed by atoms with Crippen LogP contribution in [0, 0.1) is 0 Å². The summed E-state index contributed by atoms with van der Waals surface area (Å²) >= 11 is 0. The van der Waals surface area contributed by atoms with Crippen molar-refractivity contribution in [1.82, 2.24) is 0 Å². The van der Waals surface area contributed by atoms with E-state index in [1.165, 1.54) is 5.56 Å². The lowest BCUT2D eigenvalue weighted by molar-refractivity contribution is -0.670. The number of aromatic hydroxyl groups is 1. The third-order valence-corrected chi connectivity index (χ3v) is 4.72. The van der Waals surface area contributed by atoms with Gasteiger partial charge in [0.05, 0.1) is 18.1 Å². The van der Waals surface area contributed by atoms with Gasteiger partial charge in [-0.3, -0.25) is 0 Å². The Morgan fingerprint density at radius 1 is 1.37 bits per heavy atom. The van der Waals surface area contributed by atoms with E-state index in [0.29, 0.717) is 12.2 Å². The molecular formula is C15H18NO3+. The van der Waals surface area contributed by atoms with Crippen LogP contribution in [0.2, 0.25) is 0 Å². The van der Waals surface area contributed by atoms with E-state index in [2.05, 4.69) is 11.4 Å². The Bertz CT molecular complexity index is 569. The van der Waals surface area contributed by atoms with Crippen LogP contribution in [-0.2, 0) is 12.0 Å². The normalized spacial score (nSPS) is 35.2. The molecule has 0 amide bonds. The molecule has 4 nitrogen and oxygen atoms in total. The summed E-state index contributed by atoms with van der Waals surface area (Å²) in [5.41, 5.74) is 2.23. The molecule has 0 saturated carbocycles. The van der Waals surface area contributed by atoms with E-state index in [1.807, 2.05) is 12.1 Å². The van der Waals surface area contributed by atoms with Gasteiger partial charge in [0.2, 0.25) is 0 Å². The van der Waals surface area contributed by atoms with E-state index in [4.69, 9.17) is 4.74 Å². The minimum absolute atomic E-state index is 0.0546. The molecule has 1 aromatic carbocycles. The van der Waals surface area contributed by atoms with Crippen molar-refractivity contribution in [3.8, 4) is 11.5 Å². The number of nitrogens with two attached hydrogens (primary N) is 1. The fourth-order valence-electron chi connectivity index (χ4n) is 3.82. The summed E-state index contributed by atoms with van der Waals surface area (Å²) in [6.07, 6.45) is 5.09. The first-order valence-corrected chi connectivity index (χ1v) is 6.92. The van der Waals surface area contributed by atoms with Crippen LogP contribution in [0.1, 0.15) is 24.0 Å². The SMILES string of the molecule is Oc1ccc2c3c1O[C@H]1C[C@@H](O)C=C[C@@]31CC[NH2+]C2. The van der Waals surface area contributed by atoms with Crippen LogP contribution in [0.3, 0.4) is 0 Å². The summed E-state index contributed by atoms with van der Waals surface area (Å²) in [5.74, 6) is 0.855. The van der Waals surface area contributed by atoms with E-state index < -0.39 is 6.10 Å². The average molecular weight is 260 g/mol. The van der Waals surface area contributed by atoms with E-state index in [9.17, 15) is 10.2 Å². The third kappa shape index (κ3) is 1.41. The number of aliphatic hydroxyl groups excluding tert-OH is 1. The fraction of sp³-hybridized carbons (Fsp3) is 0.467. The fourth-order valence-corrected chi connectivity index (χ4v) is 3.82. The zero-order chi connectivity index (χ0) is 13.0. The highest BCUT2D eigenvalue weighted by Gasteiger charge is 2.52. The molecule has 100 valence electrons. The zero-order valence-electron chi connectivity index (χ0n) is 10.7. The van der Waals surface area contributed by atoms with E-state index in [1.54, 1.807) is 6.07 Å². The molecule has 3 aliphatic rings. The summed E-state index contributed by atoms with van der Waals surface area (Å²) < 4.78 is 6.01. The smallest absolute Gasteiger partial charge is 0.166 e. The maximum atomic E-state index is 10.1. The summed E-state index contributed by atoms with van der Waals surface area (Å²) in [7, 11) is 0. The maximum absolute atomic E-state index is 10.1. The van der Waals surface area contributed by atoms with Gasteiger partial charge in [-0.1, -0.05) is 12.2 Å². The van der Waals surface area contributed by atoms with Gasteiger partial charge >= 0.3 is 0 Å². The number of phenols is 1. The Morgan fingerprint density at radius 2 is 2.26 bits per heavy atom. The topological polar surface area (TPSA) is 66.3 Å². The minimum Gasteiger partial charge on any atom is -0.504 e. The molecule has 3 atom stereocenters. The number of benzene rings is 1. The second kappa shape index (κ2) is 3.74. The number of quaternary nitrogens is 1. The first-order chi connectivity index (χ1) is 9.21. The number of hydrogen-bond donors (Lipinski definition) is 3. The van der Waals surface area contributed by atoms with Crippen molar-refractivity contribution in [3.05, 3.63) is 35.4 Å². The first-order valence-electron chi connectivity index (χ1n) is 6.92. The number of rotatable bonds is 0. The van der Waals surface area contributed by atoms with Crippen LogP contribution in [0.5, 0.6) is 11.5 Å². The van der Waals surface area contributed by atoms with Gasteiger partial charge in [-0.15, -0.1) is 0 Å². The van der Waals surface area contributed by atoms with E-state index >= 15 is 0 Å². The molecule has 4 heteroatoms. The van der Waals surface area contributed by atoms with Gasteiger partial charge in [0.1, 0.15) is 12.6 Å². The molecular weight excluding hydrogens is 242 g/mol. The number of phenolic OH excluding ortho intramolecular Hbond substituents is 1. The Hall–Kier alpha value is -1.52. The van der Waals surface area contributed by atoms with Crippen LogP contribution in [-0.4, -0.2) is 29.0 Å². The van der Waals surface area contributed by atoms with E-state index in [0.717, 1.165) is 25.1 Å². The predicted octanol–water partition coefficient (Wildman–Crippen LogP) is 0.179. The highest BCUT2D eigenvalue weighted by molar-refractivity contribution is 5.60. The molecule has 1 aliphatic carbocycles. The monoisotopic (exact) mass is 260 g/mol. The molecule has 0 fully saturated rings. The van der Waals surface area contributed by atoms with Gasteiger partial charge in [-0.05, 0) is 12.1 Å². The van der Waals surface area contributed by atoms with Gasteiger partial charge in [-0.25, -0.2) is 0 Å². The molecule has 0 saturated heterocycles. The summed E-state index contributed by atoms with van der Waals surface area (Å²) in [6.45, 7) is 1.96. The molecule has 2 heterocycles. The quantitative estimate of drug-likeness (QED) is 0.583. The lowest BCUT2D eigenvalue weighted by Gasteiger charge is -2.34. The largest absolute Gasteiger partial charge is 0.504 e. The van der Waals surface area contributed by atoms with Crippen LogP contribution in [0.4, 0.5) is 0 Å². The van der Waals surface area contributed by atoms with Crippen LogP contribution >= 0.6 is 0 Å². The molecule has 4 N–H and O–H groups in total. The maximum Gasteiger partial charge on any atom is 0.166 e. The summed E-state index contributed by atoms with van der Waals surface area (Å²) in [6, 6.07) is 3.72. The molecule has 19 heavy (non-hydrogen) atoms. The first kappa shape index (κ1) is 11.3. The van der Waals surface area contributed by atoms with Crippen molar-refractivity contribution in [3.63, 3.8) is 0 Å². The Labute approximate surface area is 111 Å². The number of ether oxygens (including phenoxy) is 1. The van der Waals surface area contributed by atoms with Crippen LogP contribution in [0.25, 0.3) is 0 Å². The van der Waals surface area contributed by atoms with Gasteiger partial charge in [0.15, 0.2) is 11.5 Å². The van der Waals surface area contributed by atoms with Crippen molar-refractivity contribution in [2.75, 3.05) is 6.54 Å². The zero-order valence-corrected chi connectivity index (χ0v) is 10.7. The molecule has 0 bridgehead atoms. The predicted molar refractivity (Wildman–Crippen MR) is 69.1 cm³/mol. The lowest BCUT2D eigenvalue weighted by atomic mass is 9.69. The minimum atomic E-state index is -0.442. The van der Waals surface area contributed by atoms with Crippen molar-refractivity contribution < 1.29 is 20.3 Å². The highest BCUT2D eigenvalue weighted by Crippen LogP contribution is 2.54. The second-order valence-corrected chi connectivity index (χ2v) is 5.79. The molecule has 1 spiro atoms. The molecule has 4 rings (SSSR count). The van der Waals surface area contributed by atoms with E-state index in [-0.39, 0.29) is 17.3 Å². The van der Waals surface area contributed by atoms with Gasteiger partial charge in [-0.2, -0.15) is 0 Å². The average Bonchev–Trinajstić information content (AvgIpc) is 2.61. The Balaban J connectivity index is 1.98. The van der Waals surface area contributed by atoms with Crippen LogP contribution < -0.4 is 10.1 Å². The number of hydrogen-bond acceptors (Lipinski definition) is 3. The molecule has 2 aliphatic heterocycles. The molecule has 1 aromatic rings. The van der Waals surface area contributed by atoms with Gasteiger partial charge < -0.3 is 20.3 Å². The lowest BCUT2D eigenvalue weighted by Crippen LogP contribution is -2.82. The van der Waals surface area contributed by atoms with Gasteiger partial charge in [0, 0.05) is 24.0 Å². The molecule has 0 unspecified atom stereocenters. The summed E-state index contributed by atoms with van der Waals surface area (Å²) in [5, 5.41) is 22.2. The van der Waals surface area contributed by atoms with Crippen molar-refractivity contribution >= 4 is 0 Å². The number of aliphatic hydroxyl groups is 1. The third-order valence-electron chi connectivity index (χ3n) is 4.72. The molecule has 0 radical (unpaired) electrons. The Kier molecular flexibility index (Phi) is 2.23. The van der Waals surface area contributed by atoms with Crippen molar-refractivity contribution in [1.29, 1.82) is 0 Å². The van der Waals surface area contributed by atoms with Crippen LogP contribution in [0.15, 0.2) is 24.3 Å². The molecule has 0 aromatic heterocycles. The highest BCUT2D eigenvalue weighted by atomic mass is 16.5. The Morgan fingerprint density at radius 3 is 3.16 bits per heavy atom. The second-order valence-electron chi connectivity index (χ2n) is 5.79. The van der Waals surface area contributed by atoms with Gasteiger partial charge in [0.25, 0.3) is 0 Å².